The molecule has 0 atom stereocenters. The molecule has 1 aromatic carbocycles. The molecular weight excluding hydrogens is 333 g/mol. The molecular formula is C17H13F3N4O. The van der Waals surface area contributed by atoms with E-state index in [2.05, 4.69) is 15.4 Å². The Kier molecular flexibility index (Phi) is 4.26. The van der Waals surface area contributed by atoms with E-state index < -0.39 is 23.4 Å². The van der Waals surface area contributed by atoms with E-state index in [4.69, 9.17) is 0 Å². The molecule has 0 unspecified atom stereocenters. The minimum Gasteiger partial charge on any atom is -0.319 e. The fraction of sp³-hybridized carbons (Fsp3) is 0.118. The molecule has 0 saturated carbocycles. The standard InChI is InChI=1S/C17H13F3N4O/c1-9-12(8-24(2)23-9)11-5-14(19)16(6-13(11)18)22-17(25)10-3-4-21-7-15(10)20/h3-8H,1-2H3,(H,22,25). The van der Waals surface area contributed by atoms with Crippen LogP contribution in [0.3, 0.4) is 0 Å². The Morgan fingerprint density at radius 1 is 1.12 bits per heavy atom. The summed E-state index contributed by atoms with van der Waals surface area (Å²) in [5, 5.41) is 6.25. The Morgan fingerprint density at radius 2 is 1.88 bits per heavy atom. The van der Waals surface area contributed by atoms with Gasteiger partial charge in [0.2, 0.25) is 0 Å². The molecule has 1 N–H and O–H groups in total. The largest absolute Gasteiger partial charge is 0.319 e. The van der Waals surface area contributed by atoms with Gasteiger partial charge in [0.25, 0.3) is 5.91 Å². The van der Waals surface area contributed by atoms with Crippen molar-refractivity contribution in [1.29, 1.82) is 0 Å². The predicted molar refractivity (Wildman–Crippen MR) is 85.4 cm³/mol. The van der Waals surface area contributed by atoms with Crippen molar-refractivity contribution in [3.05, 3.63) is 65.5 Å². The van der Waals surface area contributed by atoms with Crippen molar-refractivity contribution in [2.24, 2.45) is 7.05 Å². The van der Waals surface area contributed by atoms with Gasteiger partial charge < -0.3 is 5.32 Å². The third-order valence-electron chi connectivity index (χ3n) is 3.63. The molecule has 2 aromatic heterocycles. The average molecular weight is 346 g/mol. The van der Waals surface area contributed by atoms with Crippen molar-refractivity contribution in [1.82, 2.24) is 14.8 Å². The highest BCUT2D eigenvalue weighted by Gasteiger charge is 2.18. The molecule has 8 heteroatoms. The van der Waals surface area contributed by atoms with Crippen molar-refractivity contribution in [2.45, 2.75) is 6.92 Å². The molecule has 0 fully saturated rings. The van der Waals surface area contributed by atoms with Crippen LogP contribution in [0.4, 0.5) is 18.9 Å². The number of carbonyl (C=O) groups is 1. The molecule has 2 heterocycles. The van der Waals surface area contributed by atoms with Crippen LogP contribution in [0, 0.1) is 24.4 Å². The summed E-state index contributed by atoms with van der Waals surface area (Å²) in [7, 11) is 1.67. The number of amides is 1. The van der Waals surface area contributed by atoms with E-state index in [0.29, 0.717) is 11.3 Å². The number of halogens is 3. The van der Waals surface area contributed by atoms with Gasteiger partial charge in [-0.1, -0.05) is 0 Å². The van der Waals surface area contributed by atoms with Gasteiger partial charge in [-0.05, 0) is 19.1 Å². The van der Waals surface area contributed by atoms with Gasteiger partial charge in [0.05, 0.1) is 23.1 Å². The van der Waals surface area contributed by atoms with Crippen molar-refractivity contribution >= 4 is 11.6 Å². The number of hydrogen-bond donors (Lipinski definition) is 1. The summed E-state index contributed by atoms with van der Waals surface area (Å²) in [4.78, 5) is 15.6. The summed E-state index contributed by atoms with van der Waals surface area (Å²) >= 11 is 0. The molecule has 128 valence electrons. The van der Waals surface area contributed by atoms with Crippen LogP contribution in [0.15, 0.2) is 36.8 Å². The Labute approximate surface area is 141 Å². The molecule has 0 saturated heterocycles. The fourth-order valence-corrected chi connectivity index (χ4v) is 2.46. The first-order valence-corrected chi connectivity index (χ1v) is 7.27. The maximum atomic E-state index is 14.4. The number of carbonyl (C=O) groups excluding carboxylic acids is 1. The van der Waals surface area contributed by atoms with Gasteiger partial charge in [0, 0.05) is 36.6 Å². The van der Waals surface area contributed by atoms with Crippen LogP contribution in [0.5, 0.6) is 0 Å². The molecule has 0 aliphatic rings. The van der Waals surface area contributed by atoms with E-state index in [1.165, 1.54) is 10.9 Å². The fourth-order valence-electron chi connectivity index (χ4n) is 2.46. The number of rotatable bonds is 3. The lowest BCUT2D eigenvalue weighted by atomic mass is 10.1. The van der Waals surface area contributed by atoms with Gasteiger partial charge in [-0.2, -0.15) is 5.10 Å². The monoisotopic (exact) mass is 346 g/mol. The molecule has 5 nitrogen and oxygen atoms in total. The number of nitrogens with zero attached hydrogens (tertiary/aromatic N) is 3. The van der Waals surface area contributed by atoms with Gasteiger partial charge in [0.1, 0.15) is 11.6 Å². The number of benzene rings is 1. The zero-order valence-corrected chi connectivity index (χ0v) is 13.3. The van der Waals surface area contributed by atoms with Crippen LogP contribution in [0.25, 0.3) is 11.1 Å². The van der Waals surface area contributed by atoms with Crippen LogP contribution in [0.2, 0.25) is 0 Å². The van der Waals surface area contributed by atoms with Crippen molar-refractivity contribution in [3.63, 3.8) is 0 Å². The topological polar surface area (TPSA) is 59.8 Å². The second-order valence-corrected chi connectivity index (χ2v) is 5.42. The predicted octanol–water partition coefficient (Wildman–Crippen LogP) is 3.46. The number of pyridine rings is 1. The van der Waals surface area contributed by atoms with E-state index >= 15 is 0 Å². The molecule has 3 rings (SSSR count). The molecule has 0 spiro atoms. The van der Waals surface area contributed by atoms with E-state index in [1.807, 2.05) is 0 Å². The third kappa shape index (κ3) is 3.23. The van der Waals surface area contributed by atoms with E-state index in [1.54, 1.807) is 20.2 Å². The SMILES string of the molecule is Cc1nn(C)cc1-c1cc(F)c(NC(=O)c2ccncc2F)cc1F. The van der Waals surface area contributed by atoms with Gasteiger partial charge in [-0.25, -0.2) is 13.2 Å². The lowest BCUT2D eigenvalue weighted by Crippen LogP contribution is -2.15. The molecule has 3 aromatic rings. The van der Waals surface area contributed by atoms with Gasteiger partial charge in [0.15, 0.2) is 5.82 Å². The summed E-state index contributed by atoms with van der Waals surface area (Å²) < 4.78 is 43.8. The summed E-state index contributed by atoms with van der Waals surface area (Å²) in [5.41, 5.74) is 0.301. The normalized spacial score (nSPS) is 10.8. The van der Waals surface area contributed by atoms with Crippen LogP contribution < -0.4 is 5.32 Å². The summed E-state index contributed by atoms with van der Waals surface area (Å²) in [6, 6.07) is 2.97. The number of anilines is 1. The minimum absolute atomic E-state index is 0.0243. The zero-order valence-electron chi connectivity index (χ0n) is 13.3. The highest BCUT2D eigenvalue weighted by atomic mass is 19.1. The van der Waals surface area contributed by atoms with Crippen molar-refractivity contribution in [3.8, 4) is 11.1 Å². The van der Waals surface area contributed by atoms with Gasteiger partial charge in [-0.15, -0.1) is 0 Å². The number of hydrogen-bond acceptors (Lipinski definition) is 3. The minimum atomic E-state index is -0.900. The smallest absolute Gasteiger partial charge is 0.258 e. The summed E-state index contributed by atoms with van der Waals surface area (Å²) in [6.07, 6.45) is 3.65. The van der Waals surface area contributed by atoms with Crippen molar-refractivity contribution < 1.29 is 18.0 Å². The van der Waals surface area contributed by atoms with Crippen LogP contribution in [-0.2, 0) is 7.05 Å². The highest BCUT2D eigenvalue weighted by molar-refractivity contribution is 6.04. The Morgan fingerprint density at radius 3 is 2.52 bits per heavy atom. The quantitative estimate of drug-likeness (QED) is 0.790. The van der Waals surface area contributed by atoms with Crippen LogP contribution in [0.1, 0.15) is 16.1 Å². The molecule has 0 aliphatic carbocycles. The lowest BCUT2D eigenvalue weighted by Gasteiger charge is -2.10. The molecule has 1 amide bonds. The molecule has 0 aliphatic heterocycles. The maximum absolute atomic E-state index is 14.4. The average Bonchev–Trinajstić information content (AvgIpc) is 2.89. The van der Waals surface area contributed by atoms with E-state index in [0.717, 1.165) is 24.4 Å². The summed E-state index contributed by atoms with van der Waals surface area (Å²) in [6.45, 7) is 1.68. The first kappa shape index (κ1) is 16.7. The second-order valence-electron chi connectivity index (χ2n) is 5.42. The Bertz CT molecular complexity index is 969. The van der Waals surface area contributed by atoms with Gasteiger partial charge in [-0.3, -0.25) is 14.5 Å². The first-order chi connectivity index (χ1) is 11.9. The van der Waals surface area contributed by atoms with Crippen LogP contribution in [-0.4, -0.2) is 20.7 Å². The number of aromatic nitrogens is 3. The number of aryl methyl sites for hydroxylation is 2. The van der Waals surface area contributed by atoms with E-state index in [9.17, 15) is 18.0 Å². The van der Waals surface area contributed by atoms with Gasteiger partial charge >= 0.3 is 0 Å². The first-order valence-electron chi connectivity index (χ1n) is 7.27. The Hall–Kier alpha value is -3.16. The lowest BCUT2D eigenvalue weighted by molar-refractivity contribution is 0.102. The second kappa shape index (κ2) is 6.39. The third-order valence-corrected chi connectivity index (χ3v) is 3.63. The zero-order chi connectivity index (χ0) is 18.1. The number of nitrogens with one attached hydrogen (secondary N) is 1. The van der Waals surface area contributed by atoms with E-state index in [-0.39, 0.29) is 16.8 Å². The van der Waals surface area contributed by atoms with Crippen molar-refractivity contribution in [2.75, 3.05) is 5.32 Å². The Balaban J connectivity index is 1.94. The molecule has 0 bridgehead atoms. The molecule has 25 heavy (non-hydrogen) atoms. The molecule has 0 radical (unpaired) electrons. The van der Waals surface area contributed by atoms with Crippen LogP contribution >= 0.6 is 0 Å². The maximum Gasteiger partial charge on any atom is 0.258 e. The summed E-state index contributed by atoms with van der Waals surface area (Å²) in [5.74, 6) is -3.34. The highest BCUT2D eigenvalue weighted by Crippen LogP contribution is 2.29.